The molecule has 0 saturated heterocycles. The molecule has 88 valence electrons. The van der Waals surface area contributed by atoms with Crippen molar-refractivity contribution < 1.29 is 14.8 Å². The average Bonchev–Trinajstić information content (AvgIpc) is 2.38. The average molecular weight is 225 g/mol. The Balaban J connectivity index is 2.20. The largest absolute Gasteiger partial charge is 0.481 e. The van der Waals surface area contributed by atoms with Gasteiger partial charge in [-0.2, -0.15) is 0 Å². The molecule has 5 heteroatoms. The van der Waals surface area contributed by atoms with Crippen molar-refractivity contribution in [1.29, 1.82) is 0 Å². The van der Waals surface area contributed by atoms with Gasteiger partial charge in [-0.05, 0) is 31.6 Å². The van der Waals surface area contributed by atoms with Crippen LogP contribution in [0.1, 0.15) is 26.2 Å². The molecule has 0 bridgehead atoms. The second-order valence-electron chi connectivity index (χ2n) is 5.05. The Morgan fingerprint density at radius 1 is 1.75 bits per heavy atom. The standard InChI is InChI=1S/C11H15NO4/c1-7-2-3-8-4-11(10(7)8,5-9(13)14)6-12(15)16/h2,8,10H,3-6H2,1H3,(H,13,14)/t8-,10+,11-/m0/s1. The van der Waals surface area contributed by atoms with Gasteiger partial charge >= 0.3 is 5.97 Å². The second-order valence-corrected chi connectivity index (χ2v) is 5.05. The quantitative estimate of drug-likeness (QED) is 0.448. The minimum absolute atomic E-state index is 0.0830. The first-order chi connectivity index (χ1) is 7.44. The van der Waals surface area contributed by atoms with Crippen LogP contribution in [0.15, 0.2) is 11.6 Å². The molecular formula is C11H15NO4. The normalized spacial score (nSPS) is 36.2. The second kappa shape index (κ2) is 3.57. The molecule has 0 aromatic carbocycles. The molecule has 2 rings (SSSR count). The first kappa shape index (κ1) is 11.1. The topological polar surface area (TPSA) is 80.4 Å². The monoisotopic (exact) mass is 225 g/mol. The zero-order valence-electron chi connectivity index (χ0n) is 9.18. The number of carbonyl (C=O) groups is 1. The number of aliphatic carboxylic acids is 1. The Labute approximate surface area is 93.3 Å². The molecular weight excluding hydrogens is 210 g/mol. The van der Waals surface area contributed by atoms with Gasteiger partial charge in [0.05, 0.1) is 11.8 Å². The highest BCUT2D eigenvalue weighted by Gasteiger charge is 2.59. The maximum atomic E-state index is 10.8. The molecule has 1 fully saturated rings. The van der Waals surface area contributed by atoms with E-state index in [-0.39, 0.29) is 23.8 Å². The molecule has 3 atom stereocenters. The number of allylic oxidation sites excluding steroid dienone is 2. The predicted octanol–water partition coefficient (Wildman–Crippen LogP) is 1.71. The summed E-state index contributed by atoms with van der Waals surface area (Å²) < 4.78 is 0. The van der Waals surface area contributed by atoms with E-state index < -0.39 is 11.4 Å². The van der Waals surface area contributed by atoms with Gasteiger partial charge in [0.2, 0.25) is 6.54 Å². The minimum atomic E-state index is -0.931. The van der Waals surface area contributed by atoms with Crippen LogP contribution in [0.5, 0.6) is 0 Å². The van der Waals surface area contributed by atoms with Gasteiger partial charge in [-0.15, -0.1) is 0 Å². The molecule has 5 nitrogen and oxygen atoms in total. The highest BCUT2D eigenvalue weighted by Crippen LogP contribution is 2.60. The Hall–Kier alpha value is -1.39. The van der Waals surface area contributed by atoms with E-state index >= 15 is 0 Å². The predicted molar refractivity (Wildman–Crippen MR) is 56.5 cm³/mol. The van der Waals surface area contributed by atoms with Gasteiger partial charge in [-0.1, -0.05) is 11.6 Å². The fraction of sp³-hybridized carbons (Fsp3) is 0.727. The van der Waals surface area contributed by atoms with Crippen LogP contribution < -0.4 is 0 Å². The van der Waals surface area contributed by atoms with E-state index in [0.29, 0.717) is 12.3 Å². The smallest absolute Gasteiger partial charge is 0.304 e. The number of nitro groups is 1. The summed E-state index contributed by atoms with van der Waals surface area (Å²) in [6, 6.07) is 0. The van der Waals surface area contributed by atoms with Crippen molar-refractivity contribution in [3.8, 4) is 0 Å². The van der Waals surface area contributed by atoms with Crippen molar-refractivity contribution >= 4 is 5.97 Å². The number of nitrogens with zero attached hydrogens (tertiary/aromatic N) is 1. The van der Waals surface area contributed by atoms with Crippen molar-refractivity contribution in [3.63, 3.8) is 0 Å². The van der Waals surface area contributed by atoms with Crippen LogP contribution in [0.3, 0.4) is 0 Å². The van der Waals surface area contributed by atoms with Gasteiger partial charge in [-0.3, -0.25) is 14.9 Å². The van der Waals surface area contributed by atoms with Crippen molar-refractivity contribution in [2.45, 2.75) is 26.2 Å². The van der Waals surface area contributed by atoms with Gasteiger partial charge in [0.25, 0.3) is 0 Å². The number of rotatable bonds is 4. The molecule has 0 heterocycles. The Morgan fingerprint density at radius 2 is 2.44 bits per heavy atom. The lowest BCUT2D eigenvalue weighted by atomic mass is 9.52. The number of hydrogen-bond donors (Lipinski definition) is 1. The number of hydrogen-bond acceptors (Lipinski definition) is 3. The van der Waals surface area contributed by atoms with E-state index in [2.05, 4.69) is 6.08 Å². The lowest BCUT2D eigenvalue weighted by Crippen LogP contribution is -2.51. The third-order valence-electron chi connectivity index (χ3n) is 3.98. The fourth-order valence-electron chi connectivity index (χ4n) is 3.60. The highest BCUT2D eigenvalue weighted by atomic mass is 16.6. The summed E-state index contributed by atoms with van der Waals surface area (Å²) in [6.45, 7) is 1.74. The van der Waals surface area contributed by atoms with Crippen LogP contribution in [0, 0.1) is 27.4 Å². The van der Waals surface area contributed by atoms with E-state index in [1.165, 1.54) is 0 Å². The van der Waals surface area contributed by atoms with Crippen molar-refractivity contribution in [2.24, 2.45) is 17.3 Å². The lowest BCUT2D eigenvalue weighted by molar-refractivity contribution is -0.506. The molecule has 0 spiro atoms. The number of carboxylic acids is 1. The van der Waals surface area contributed by atoms with Gasteiger partial charge in [0, 0.05) is 4.92 Å². The minimum Gasteiger partial charge on any atom is -0.481 e. The molecule has 16 heavy (non-hydrogen) atoms. The Kier molecular flexibility index (Phi) is 2.48. The summed E-state index contributed by atoms with van der Waals surface area (Å²) in [6.07, 6.45) is 3.65. The Morgan fingerprint density at radius 3 is 2.94 bits per heavy atom. The van der Waals surface area contributed by atoms with Gasteiger partial charge in [-0.25, -0.2) is 0 Å². The first-order valence-electron chi connectivity index (χ1n) is 5.45. The molecule has 1 saturated carbocycles. The van der Waals surface area contributed by atoms with Gasteiger partial charge < -0.3 is 5.11 Å². The number of fused-ring (bicyclic) bond motifs is 1. The van der Waals surface area contributed by atoms with Crippen LogP contribution in [0.25, 0.3) is 0 Å². The van der Waals surface area contributed by atoms with Crippen LogP contribution in [0.4, 0.5) is 0 Å². The molecule has 2 aliphatic carbocycles. The summed E-state index contributed by atoms with van der Waals surface area (Å²) in [5.74, 6) is -0.367. The maximum absolute atomic E-state index is 10.8. The van der Waals surface area contributed by atoms with E-state index in [1.807, 2.05) is 6.92 Å². The first-order valence-corrected chi connectivity index (χ1v) is 5.45. The number of carboxylic acid groups (broad SMARTS) is 1. The zero-order chi connectivity index (χ0) is 11.9. The molecule has 0 aromatic heterocycles. The zero-order valence-corrected chi connectivity index (χ0v) is 9.18. The van der Waals surface area contributed by atoms with Gasteiger partial charge in [0.1, 0.15) is 0 Å². The highest BCUT2D eigenvalue weighted by molar-refractivity contribution is 5.68. The molecule has 0 radical (unpaired) electrons. The fourth-order valence-corrected chi connectivity index (χ4v) is 3.60. The SMILES string of the molecule is CC1=CC[C@H]2C[C@](CC(=O)O)(C[N+](=O)[O-])[C@H]12. The van der Waals surface area contributed by atoms with Crippen LogP contribution >= 0.6 is 0 Å². The summed E-state index contributed by atoms with van der Waals surface area (Å²) in [7, 11) is 0. The third-order valence-corrected chi connectivity index (χ3v) is 3.98. The van der Waals surface area contributed by atoms with E-state index in [4.69, 9.17) is 5.11 Å². The molecule has 0 aliphatic heterocycles. The molecule has 0 amide bonds. The van der Waals surface area contributed by atoms with E-state index in [1.54, 1.807) is 0 Å². The van der Waals surface area contributed by atoms with Crippen LogP contribution in [0.2, 0.25) is 0 Å². The van der Waals surface area contributed by atoms with E-state index in [0.717, 1.165) is 12.0 Å². The summed E-state index contributed by atoms with van der Waals surface area (Å²) in [5.41, 5.74) is 0.510. The summed E-state index contributed by atoms with van der Waals surface area (Å²) in [5, 5.41) is 19.6. The van der Waals surface area contributed by atoms with E-state index in [9.17, 15) is 14.9 Å². The Bertz CT molecular complexity index is 358. The van der Waals surface area contributed by atoms with Crippen LogP contribution in [-0.2, 0) is 4.79 Å². The molecule has 0 unspecified atom stereocenters. The molecule has 1 N–H and O–H groups in total. The summed E-state index contributed by atoms with van der Waals surface area (Å²) in [4.78, 5) is 21.1. The van der Waals surface area contributed by atoms with Crippen molar-refractivity contribution in [2.75, 3.05) is 6.54 Å². The lowest BCUT2D eigenvalue weighted by Gasteiger charge is -2.50. The van der Waals surface area contributed by atoms with Gasteiger partial charge in [0.15, 0.2) is 0 Å². The van der Waals surface area contributed by atoms with Crippen molar-refractivity contribution in [1.82, 2.24) is 0 Å². The van der Waals surface area contributed by atoms with Crippen molar-refractivity contribution in [3.05, 3.63) is 21.8 Å². The third kappa shape index (κ3) is 1.60. The molecule has 0 aromatic rings. The summed E-state index contributed by atoms with van der Waals surface area (Å²) >= 11 is 0. The molecule has 2 aliphatic rings. The maximum Gasteiger partial charge on any atom is 0.304 e. The van der Waals surface area contributed by atoms with Crippen LogP contribution in [-0.4, -0.2) is 22.5 Å².